The lowest BCUT2D eigenvalue weighted by molar-refractivity contribution is 0.216. The first kappa shape index (κ1) is 23.1. The average molecular weight is 505 g/mol. The standard InChI is InChI=1S/C12H9Cl6N3O.C3H3N3/c1-22-8-4-2-7(3-5-8)9-6-10(11(13,14)15)20-21(19-9)12(16,17)18;1-2-4-6-5-3-1/h2-6,20H,1H3;1-3H. The van der Waals surface area contributed by atoms with Crippen molar-refractivity contribution in [1.29, 1.82) is 0 Å². The van der Waals surface area contributed by atoms with Crippen molar-refractivity contribution in [2.75, 3.05) is 7.11 Å². The number of halogens is 6. The maximum absolute atomic E-state index is 5.90. The van der Waals surface area contributed by atoms with Gasteiger partial charge in [0.1, 0.15) is 5.75 Å². The van der Waals surface area contributed by atoms with Gasteiger partial charge < -0.3 is 4.74 Å². The van der Waals surface area contributed by atoms with Crippen LogP contribution in [-0.2, 0) is 0 Å². The molecule has 0 saturated heterocycles. The van der Waals surface area contributed by atoms with Crippen LogP contribution in [0, 0.1) is 0 Å². The minimum atomic E-state index is -1.87. The predicted octanol–water partition coefficient (Wildman–Crippen LogP) is 4.67. The van der Waals surface area contributed by atoms with Gasteiger partial charge in [0.2, 0.25) is 3.79 Å². The average Bonchev–Trinajstić information content (AvgIpc) is 2.68. The van der Waals surface area contributed by atoms with Gasteiger partial charge in [0.25, 0.3) is 0 Å². The largest absolute Gasteiger partial charge is 0.497 e. The van der Waals surface area contributed by atoms with Gasteiger partial charge in [-0.25, -0.2) is 0 Å². The molecule has 0 spiro atoms. The molecule has 2 aromatic rings. The summed E-state index contributed by atoms with van der Waals surface area (Å²) in [6, 6.07) is 8.82. The first-order valence-corrected chi connectivity index (χ1v) is 9.62. The highest BCUT2D eigenvalue weighted by Crippen LogP contribution is 2.38. The van der Waals surface area contributed by atoms with Crippen LogP contribution in [0.3, 0.4) is 0 Å². The molecule has 7 nitrogen and oxygen atoms in total. The van der Waals surface area contributed by atoms with Crippen molar-refractivity contribution in [3.05, 3.63) is 60.1 Å². The molecule has 3 rings (SSSR count). The minimum Gasteiger partial charge on any atom is -0.497 e. The Bertz CT molecular complexity index is 793. The third-order valence-electron chi connectivity index (χ3n) is 3.06. The van der Waals surface area contributed by atoms with Gasteiger partial charge in [-0.1, -0.05) is 69.6 Å². The number of aromatic nitrogens is 3. The highest BCUT2D eigenvalue weighted by atomic mass is 35.6. The molecule has 0 amide bonds. The Kier molecular flexibility index (Phi) is 8.24. The van der Waals surface area contributed by atoms with Crippen LogP contribution in [0.5, 0.6) is 5.75 Å². The number of hydrogen-bond acceptors (Lipinski definition) is 7. The Labute approximate surface area is 191 Å². The number of methoxy groups -OCH3 is 1. The molecule has 1 aromatic carbocycles. The number of allylic oxidation sites excluding steroid dienone is 2. The normalized spacial score (nSPS) is 14.2. The van der Waals surface area contributed by atoms with Crippen molar-refractivity contribution >= 4 is 75.3 Å². The van der Waals surface area contributed by atoms with Crippen LogP contribution in [-0.4, -0.2) is 41.1 Å². The van der Waals surface area contributed by atoms with E-state index in [9.17, 15) is 0 Å². The summed E-state index contributed by atoms with van der Waals surface area (Å²) < 4.78 is 1.50. The Morgan fingerprint density at radius 2 is 1.57 bits per heavy atom. The second-order valence-corrected chi connectivity index (χ2v) is 9.47. The van der Waals surface area contributed by atoms with Crippen LogP contribution in [0.1, 0.15) is 5.56 Å². The number of alkyl halides is 6. The fraction of sp³-hybridized carbons (Fsp3) is 0.200. The third kappa shape index (κ3) is 6.99. The summed E-state index contributed by atoms with van der Waals surface area (Å²) in [5.74, 6) is 0.696. The predicted molar refractivity (Wildman–Crippen MR) is 113 cm³/mol. The molecule has 1 aliphatic heterocycles. The van der Waals surface area contributed by atoms with Crippen molar-refractivity contribution in [3.63, 3.8) is 0 Å². The topological polar surface area (TPSA) is 75.5 Å². The van der Waals surface area contributed by atoms with Crippen molar-refractivity contribution in [3.8, 4) is 5.75 Å². The Hall–Kier alpha value is -1.22. The number of benzene rings is 1. The quantitative estimate of drug-likeness (QED) is 0.473. The van der Waals surface area contributed by atoms with Gasteiger partial charge in [-0.05, 0) is 41.6 Å². The first-order chi connectivity index (χ1) is 13.1. The van der Waals surface area contributed by atoms with E-state index in [2.05, 4.69) is 25.9 Å². The van der Waals surface area contributed by atoms with Gasteiger partial charge in [-0.2, -0.15) is 10.2 Å². The zero-order valence-corrected chi connectivity index (χ0v) is 18.6. The molecule has 13 heteroatoms. The number of ether oxygens (including phenoxy) is 1. The molecule has 2 heterocycles. The summed E-state index contributed by atoms with van der Waals surface area (Å²) in [5, 5.41) is 15.3. The van der Waals surface area contributed by atoms with Gasteiger partial charge >= 0.3 is 3.92 Å². The van der Waals surface area contributed by atoms with E-state index in [0.717, 1.165) is 10.7 Å². The van der Waals surface area contributed by atoms with Crippen LogP contribution in [0.25, 0.3) is 0 Å². The minimum absolute atomic E-state index is 0.199. The van der Waals surface area contributed by atoms with E-state index in [1.54, 1.807) is 55.9 Å². The Balaban J connectivity index is 0.000000397. The zero-order valence-electron chi connectivity index (χ0n) is 14.0. The van der Waals surface area contributed by atoms with E-state index in [1.807, 2.05) is 0 Å². The molecule has 28 heavy (non-hydrogen) atoms. The van der Waals surface area contributed by atoms with Crippen LogP contribution in [0.4, 0.5) is 0 Å². The van der Waals surface area contributed by atoms with Gasteiger partial charge in [0.15, 0.2) is 0 Å². The number of rotatable bonds is 2. The molecule has 0 saturated carbocycles. The first-order valence-electron chi connectivity index (χ1n) is 7.35. The van der Waals surface area contributed by atoms with Gasteiger partial charge in [-0.3, -0.25) is 5.43 Å². The van der Waals surface area contributed by atoms with Gasteiger partial charge in [0.05, 0.1) is 30.9 Å². The highest BCUT2D eigenvalue weighted by Gasteiger charge is 2.37. The summed E-state index contributed by atoms with van der Waals surface area (Å²) in [6.45, 7) is 0. The molecule has 0 fully saturated rings. The lowest BCUT2D eigenvalue weighted by Gasteiger charge is -2.33. The van der Waals surface area contributed by atoms with Crippen molar-refractivity contribution < 1.29 is 4.74 Å². The summed E-state index contributed by atoms with van der Waals surface area (Å²) in [4.78, 5) is 0. The molecular formula is C15H12Cl6N6O. The van der Waals surface area contributed by atoms with E-state index in [4.69, 9.17) is 74.3 Å². The summed E-state index contributed by atoms with van der Waals surface area (Å²) in [6.07, 6.45) is 4.71. The monoisotopic (exact) mass is 502 g/mol. The Morgan fingerprint density at radius 3 is 1.96 bits per heavy atom. The lowest BCUT2D eigenvalue weighted by Crippen LogP contribution is -2.47. The van der Waals surface area contributed by atoms with Crippen molar-refractivity contribution in [1.82, 2.24) is 26.0 Å². The number of hydrazine groups is 1. The second kappa shape index (κ2) is 10.0. The van der Waals surface area contributed by atoms with Crippen molar-refractivity contribution in [2.45, 2.75) is 7.71 Å². The van der Waals surface area contributed by atoms with Gasteiger partial charge in [-0.15, -0.1) is 10.2 Å². The molecule has 0 bridgehead atoms. The zero-order chi connectivity index (χ0) is 20.8. The molecule has 0 aliphatic carbocycles. The van der Waals surface area contributed by atoms with Crippen LogP contribution in [0.2, 0.25) is 0 Å². The lowest BCUT2D eigenvalue weighted by atomic mass is 10.1. The smallest absolute Gasteiger partial charge is 0.301 e. The van der Waals surface area contributed by atoms with Crippen LogP contribution < -0.4 is 10.2 Å². The van der Waals surface area contributed by atoms with E-state index < -0.39 is 7.71 Å². The second-order valence-electron chi connectivity index (χ2n) is 4.97. The SMILES string of the molecule is COc1ccc(C2=NN(C(Cl)(Cl)Cl)NC(C(Cl)(Cl)Cl)=C2)cc1.c1cnnnc1. The molecule has 0 radical (unpaired) electrons. The maximum atomic E-state index is 5.90. The summed E-state index contributed by atoms with van der Waals surface area (Å²) >= 11 is 35.2. The highest BCUT2D eigenvalue weighted by molar-refractivity contribution is 6.69. The number of hydrogen-bond donors (Lipinski definition) is 1. The number of hydrazone groups is 1. The molecule has 1 aromatic heterocycles. The Morgan fingerprint density at radius 1 is 0.964 bits per heavy atom. The van der Waals surface area contributed by atoms with E-state index in [-0.39, 0.29) is 5.70 Å². The number of nitrogens with zero attached hydrogens (tertiary/aromatic N) is 5. The molecule has 150 valence electrons. The van der Waals surface area contributed by atoms with E-state index in [0.29, 0.717) is 11.5 Å². The summed E-state index contributed by atoms with van der Waals surface area (Å²) in [5.41, 5.74) is 4.03. The molecular weight excluding hydrogens is 493 g/mol. The van der Waals surface area contributed by atoms with E-state index >= 15 is 0 Å². The number of nitrogens with one attached hydrogen (secondary N) is 1. The molecule has 0 atom stereocenters. The van der Waals surface area contributed by atoms with Crippen molar-refractivity contribution in [2.24, 2.45) is 5.10 Å². The molecule has 1 N–H and O–H groups in total. The summed E-state index contributed by atoms with van der Waals surface area (Å²) in [7, 11) is 1.57. The molecule has 0 unspecified atom stereocenters. The van der Waals surface area contributed by atoms with Crippen LogP contribution in [0.15, 0.2) is 59.6 Å². The fourth-order valence-electron chi connectivity index (χ4n) is 1.82. The van der Waals surface area contributed by atoms with Crippen LogP contribution >= 0.6 is 69.6 Å². The third-order valence-corrected chi connectivity index (χ3v) is 4.15. The maximum Gasteiger partial charge on any atom is 0.301 e. The fourth-order valence-corrected chi connectivity index (χ4v) is 2.35. The van der Waals surface area contributed by atoms with Gasteiger partial charge in [0, 0.05) is 5.56 Å². The van der Waals surface area contributed by atoms with E-state index in [1.165, 1.54) is 0 Å². The molecule has 1 aliphatic rings.